The second-order valence-corrected chi connectivity index (χ2v) is 14.2. The van der Waals surface area contributed by atoms with Gasteiger partial charge in [0.15, 0.2) is 0 Å². The molecule has 1 saturated carbocycles. The lowest BCUT2D eigenvalue weighted by Gasteiger charge is -2.35. The fourth-order valence-electron chi connectivity index (χ4n) is 6.01. The van der Waals surface area contributed by atoms with Crippen molar-refractivity contribution in [2.75, 3.05) is 17.5 Å². The van der Waals surface area contributed by atoms with Crippen molar-refractivity contribution in [1.82, 2.24) is 10.2 Å². The van der Waals surface area contributed by atoms with Crippen molar-refractivity contribution in [2.24, 2.45) is 0 Å². The molecular formula is C38H42ClN3O5S. The third kappa shape index (κ3) is 9.17. The number of anilines is 1. The Morgan fingerprint density at radius 2 is 1.46 bits per heavy atom. The molecule has 10 heteroatoms. The molecule has 252 valence electrons. The molecule has 0 aliphatic heterocycles. The van der Waals surface area contributed by atoms with E-state index in [4.69, 9.17) is 16.3 Å². The van der Waals surface area contributed by atoms with Gasteiger partial charge in [-0.3, -0.25) is 13.9 Å². The molecule has 0 saturated heterocycles. The van der Waals surface area contributed by atoms with E-state index in [1.54, 1.807) is 54.6 Å². The van der Waals surface area contributed by atoms with Gasteiger partial charge in [0, 0.05) is 24.0 Å². The third-order valence-electron chi connectivity index (χ3n) is 8.53. The van der Waals surface area contributed by atoms with Crippen LogP contribution in [0.1, 0.15) is 50.2 Å². The summed E-state index contributed by atoms with van der Waals surface area (Å²) in [5.74, 6) is -0.194. The average Bonchev–Trinajstić information content (AvgIpc) is 3.11. The predicted octanol–water partition coefficient (Wildman–Crippen LogP) is 7.02. The maximum Gasteiger partial charge on any atom is 0.264 e. The highest BCUT2D eigenvalue weighted by Gasteiger charge is 2.35. The molecule has 4 aromatic rings. The monoisotopic (exact) mass is 687 g/mol. The van der Waals surface area contributed by atoms with Gasteiger partial charge in [0.25, 0.3) is 10.0 Å². The Bertz CT molecular complexity index is 1730. The first-order valence-corrected chi connectivity index (χ1v) is 18.2. The molecule has 0 radical (unpaired) electrons. The van der Waals surface area contributed by atoms with Crippen LogP contribution >= 0.6 is 11.6 Å². The Morgan fingerprint density at radius 1 is 0.833 bits per heavy atom. The molecule has 1 N–H and O–H groups in total. The van der Waals surface area contributed by atoms with Crippen molar-refractivity contribution in [3.8, 4) is 5.75 Å². The first-order valence-electron chi connectivity index (χ1n) is 16.4. The van der Waals surface area contributed by atoms with E-state index in [9.17, 15) is 18.0 Å². The zero-order valence-corrected chi connectivity index (χ0v) is 28.7. The molecule has 1 unspecified atom stereocenters. The van der Waals surface area contributed by atoms with E-state index in [1.807, 2.05) is 49.4 Å². The third-order valence-corrected chi connectivity index (χ3v) is 10.6. The number of hydrogen-bond donors (Lipinski definition) is 1. The topological polar surface area (TPSA) is 96.0 Å². The van der Waals surface area contributed by atoms with Crippen LogP contribution in [-0.2, 0) is 32.6 Å². The lowest BCUT2D eigenvalue weighted by Crippen LogP contribution is -2.55. The van der Waals surface area contributed by atoms with Crippen LogP contribution in [0.5, 0.6) is 5.75 Å². The molecule has 2 amide bonds. The summed E-state index contributed by atoms with van der Waals surface area (Å²) < 4.78 is 35.1. The molecule has 0 bridgehead atoms. The Hall–Kier alpha value is -4.34. The van der Waals surface area contributed by atoms with Crippen LogP contribution in [0.3, 0.4) is 0 Å². The summed E-state index contributed by atoms with van der Waals surface area (Å²) in [5.41, 5.74) is 1.94. The number of rotatable bonds is 14. The minimum Gasteiger partial charge on any atom is -0.494 e. The Kier molecular flexibility index (Phi) is 12.1. The van der Waals surface area contributed by atoms with Crippen molar-refractivity contribution in [2.45, 2.75) is 69.0 Å². The standard InChI is InChI=1S/C38H42ClN3O5S/c1-2-47-34-24-22-33(23-25-34)42(48(45,46)35-16-10-5-11-17-35)28-37(43)41(27-30-18-20-31(39)21-19-30)36(26-29-12-6-3-7-13-29)38(44)40-32-14-8-4-9-15-32/h3,5-7,10-13,16-25,32,36H,2,4,8-9,14-15,26-28H2,1H3,(H,40,44). The zero-order valence-electron chi connectivity index (χ0n) is 27.1. The molecule has 0 spiro atoms. The number of amides is 2. The van der Waals surface area contributed by atoms with Crippen LogP contribution in [0.4, 0.5) is 5.69 Å². The number of hydrogen-bond acceptors (Lipinski definition) is 5. The number of benzene rings is 4. The summed E-state index contributed by atoms with van der Waals surface area (Å²) in [6.07, 6.45) is 5.24. The van der Waals surface area contributed by atoms with Gasteiger partial charge < -0.3 is 15.0 Å². The second-order valence-electron chi connectivity index (χ2n) is 11.9. The number of nitrogens with one attached hydrogen (secondary N) is 1. The van der Waals surface area contributed by atoms with E-state index in [-0.39, 0.29) is 29.8 Å². The average molecular weight is 688 g/mol. The van der Waals surface area contributed by atoms with E-state index in [0.29, 0.717) is 23.1 Å². The molecule has 1 aliphatic carbocycles. The lowest BCUT2D eigenvalue weighted by molar-refractivity contribution is -0.140. The van der Waals surface area contributed by atoms with E-state index in [1.165, 1.54) is 17.0 Å². The highest BCUT2D eigenvalue weighted by Crippen LogP contribution is 2.27. The van der Waals surface area contributed by atoms with Gasteiger partial charge in [0.1, 0.15) is 18.3 Å². The van der Waals surface area contributed by atoms with Crippen molar-refractivity contribution in [3.05, 3.63) is 125 Å². The maximum absolute atomic E-state index is 14.7. The summed E-state index contributed by atoms with van der Waals surface area (Å²) >= 11 is 6.19. The highest BCUT2D eigenvalue weighted by molar-refractivity contribution is 7.92. The minimum absolute atomic E-state index is 0.0239. The van der Waals surface area contributed by atoms with Gasteiger partial charge >= 0.3 is 0 Å². The Labute approximate surface area is 288 Å². The number of halogens is 1. The number of nitrogens with zero attached hydrogens (tertiary/aromatic N) is 2. The first kappa shape index (κ1) is 35.0. The molecular weight excluding hydrogens is 646 g/mol. The lowest BCUT2D eigenvalue weighted by atomic mass is 9.94. The molecule has 48 heavy (non-hydrogen) atoms. The number of sulfonamides is 1. The molecule has 0 aromatic heterocycles. The van der Waals surface area contributed by atoms with Crippen molar-refractivity contribution in [3.63, 3.8) is 0 Å². The van der Waals surface area contributed by atoms with Crippen LogP contribution < -0.4 is 14.4 Å². The van der Waals surface area contributed by atoms with Gasteiger partial charge in [-0.15, -0.1) is 0 Å². The van der Waals surface area contributed by atoms with Gasteiger partial charge in [-0.25, -0.2) is 8.42 Å². The van der Waals surface area contributed by atoms with Crippen LogP contribution in [0.2, 0.25) is 5.02 Å². The van der Waals surface area contributed by atoms with Crippen molar-refractivity contribution in [1.29, 1.82) is 0 Å². The number of carbonyl (C=O) groups excluding carboxylic acids is 2. The smallest absolute Gasteiger partial charge is 0.264 e. The van der Waals surface area contributed by atoms with Crippen molar-refractivity contribution < 1.29 is 22.7 Å². The molecule has 5 rings (SSSR count). The van der Waals surface area contributed by atoms with E-state index in [0.717, 1.165) is 47.5 Å². The quantitative estimate of drug-likeness (QED) is 0.154. The summed E-state index contributed by atoms with van der Waals surface area (Å²) in [6, 6.07) is 30.4. The van der Waals surface area contributed by atoms with Crippen LogP contribution in [0.25, 0.3) is 0 Å². The summed E-state index contributed by atoms with van der Waals surface area (Å²) in [5, 5.41) is 3.77. The van der Waals surface area contributed by atoms with Gasteiger partial charge in [-0.1, -0.05) is 91.5 Å². The van der Waals surface area contributed by atoms with Gasteiger partial charge in [-0.2, -0.15) is 0 Å². The normalized spacial score (nSPS) is 14.1. The van der Waals surface area contributed by atoms with E-state index >= 15 is 0 Å². The highest BCUT2D eigenvalue weighted by atomic mass is 35.5. The predicted molar refractivity (Wildman–Crippen MR) is 190 cm³/mol. The minimum atomic E-state index is -4.19. The van der Waals surface area contributed by atoms with E-state index in [2.05, 4.69) is 5.32 Å². The van der Waals surface area contributed by atoms with Crippen LogP contribution in [0.15, 0.2) is 114 Å². The van der Waals surface area contributed by atoms with Gasteiger partial charge in [-0.05, 0) is 79.4 Å². The fraction of sp³-hybridized carbons (Fsp3) is 0.316. The first-order chi connectivity index (χ1) is 23.2. The molecule has 0 heterocycles. The largest absolute Gasteiger partial charge is 0.494 e. The SMILES string of the molecule is CCOc1ccc(N(CC(=O)N(Cc2ccc(Cl)cc2)C(Cc2ccccc2)C(=O)NC2CCCCC2)S(=O)(=O)c2ccccc2)cc1. The fourth-order valence-corrected chi connectivity index (χ4v) is 7.57. The van der Waals surface area contributed by atoms with E-state index < -0.39 is 28.5 Å². The number of carbonyl (C=O) groups is 2. The molecule has 8 nitrogen and oxygen atoms in total. The zero-order chi connectivity index (χ0) is 33.9. The summed E-state index contributed by atoms with van der Waals surface area (Å²) in [6.45, 7) is 1.87. The van der Waals surface area contributed by atoms with Crippen molar-refractivity contribution >= 4 is 39.1 Å². The van der Waals surface area contributed by atoms with Crippen LogP contribution in [0, 0.1) is 0 Å². The summed E-state index contributed by atoms with van der Waals surface area (Å²) in [7, 11) is -4.19. The second kappa shape index (κ2) is 16.7. The number of ether oxygens (including phenoxy) is 1. The Morgan fingerprint density at radius 3 is 2.08 bits per heavy atom. The Balaban J connectivity index is 1.55. The summed E-state index contributed by atoms with van der Waals surface area (Å²) in [4.78, 5) is 30.4. The van der Waals surface area contributed by atoms with Gasteiger partial charge in [0.05, 0.1) is 17.2 Å². The molecule has 1 fully saturated rings. The molecule has 1 atom stereocenters. The van der Waals surface area contributed by atoms with Gasteiger partial charge in [0.2, 0.25) is 11.8 Å². The van der Waals surface area contributed by atoms with Crippen LogP contribution in [-0.4, -0.2) is 50.4 Å². The molecule has 4 aromatic carbocycles. The maximum atomic E-state index is 14.7. The molecule has 1 aliphatic rings.